The van der Waals surface area contributed by atoms with E-state index >= 15 is 8.78 Å². The van der Waals surface area contributed by atoms with Gasteiger partial charge in [-0.1, -0.05) is 79.4 Å². The summed E-state index contributed by atoms with van der Waals surface area (Å²) in [5, 5.41) is 38.3. The van der Waals surface area contributed by atoms with Crippen LogP contribution in [0.5, 0.6) is 11.8 Å². The van der Waals surface area contributed by atoms with Crippen LogP contribution in [0, 0.1) is 34.1 Å². The predicted octanol–water partition coefficient (Wildman–Crippen LogP) is 11.5. The molecule has 1 aliphatic rings. The van der Waals surface area contributed by atoms with Gasteiger partial charge in [-0.3, -0.25) is 20.2 Å². The molecule has 0 aliphatic carbocycles. The van der Waals surface area contributed by atoms with E-state index in [-0.39, 0.29) is 54.5 Å². The van der Waals surface area contributed by atoms with Crippen LogP contribution in [0.4, 0.5) is 28.9 Å². The average Bonchev–Trinajstić information content (AvgIpc) is 4.02. The van der Waals surface area contributed by atoms with Gasteiger partial charge in [0.1, 0.15) is 0 Å². The third kappa shape index (κ3) is 13.1. The first-order chi connectivity index (χ1) is 33.4. The summed E-state index contributed by atoms with van der Waals surface area (Å²) in [5.74, 6) is -8.69. The van der Waals surface area contributed by atoms with Crippen molar-refractivity contribution in [2.24, 2.45) is 0 Å². The van der Waals surface area contributed by atoms with Crippen LogP contribution in [-0.4, -0.2) is 64.3 Å². The number of rotatable bonds is 17. The molecule has 4 aromatic heterocycles. The average molecular weight is 973 g/mol. The maximum absolute atomic E-state index is 15.2. The maximum Gasteiger partial charge on any atom is 0.301 e. The number of hydrogen-bond acceptors (Lipinski definition) is 16. The second-order valence-electron chi connectivity index (χ2n) is 16.0. The molecular formula is C48H48F4N8O10. The Labute approximate surface area is 398 Å². The molecule has 18 nitrogen and oxygen atoms in total. The minimum Gasteiger partial charge on any atom is -0.474 e. The second kappa shape index (κ2) is 23.1. The van der Waals surface area contributed by atoms with Gasteiger partial charge in [-0.05, 0) is 76.7 Å². The van der Waals surface area contributed by atoms with Gasteiger partial charge in [0.15, 0.2) is 0 Å². The minimum absolute atomic E-state index is 0.125. The topological polar surface area (TPSA) is 227 Å². The number of nitro groups is 2. The molecule has 2 aromatic carbocycles. The Kier molecular flexibility index (Phi) is 17.0. The summed E-state index contributed by atoms with van der Waals surface area (Å²) < 4.78 is 93.2. The summed E-state index contributed by atoms with van der Waals surface area (Å²) in [5.41, 5.74) is 0.754. The molecule has 2 unspecified atom stereocenters. The molecule has 70 heavy (non-hydrogen) atoms. The van der Waals surface area contributed by atoms with Crippen LogP contribution in [0.3, 0.4) is 0 Å². The molecule has 4 atom stereocenters. The number of ether oxygens (including phenoxy) is 4. The predicted molar refractivity (Wildman–Crippen MR) is 244 cm³/mol. The summed E-state index contributed by atoms with van der Waals surface area (Å²) in [6.07, 6.45) is 1.80. The van der Waals surface area contributed by atoms with E-state index in [9.17, 15) is 29.0 Å². The molecular weight excluding hydrogens is 925 g/mol. The lowest BCUT2D eigenvalue weighted by atomic mass is 10.1. The smallest absolute Gasteiger partial charge is 0.301 e. The monoisotopic (exact) mass is 972 g/mol. The number of aromatic nitrogens is 6. The van der Waals surface area contributed by atoms with E-state index in [1.165, 1.54) is 18.2 Å². The summed E-state index contributed by atoms with van der Waals surface area (Å²) in [6.45, 7) is 13.3. The van der Waals surface area contributed by atoms with Crippen LogP contribution >= 0.6 is 0 Å². The SMILES string of the molecule is C=CCC[C@@H](C)Oc1nc(-c2nnc(C(OCc3ccccc3)C(F)(F)C=C)o2)c([N+](=O)[O-])cc1C.Cc1cc([N+](=O)[O-])c2nc1O[C@H](C)CCC=CC(F)(F)C(OCc1ccccc1)c1nnc-2o1. The molecule has 0 saturated carbocycles. The van der Waals surface area contributed by atoms with E-state index in [1.54, 1.807) is 87.5 Å². The zero-order valence-electron chi connectivity index (χ0n) is 38.4. The van der Waals surface area contributed by atoms with Gasteiger partial charge in [0.2, 0.25) is 35.4 Å². The molecule has 22 heteroatoms. The van der Waals surface area contributed by atoms with Gasteiger partial charge >= 0.3 is 23.2 Å². The lowest BCUT2D eigenvalue weighted by Crippen LogP contribution is -2.27. The number of nitrogens with zero attached hydrogens (tertiary/aromatic N) is 8. The van der Waals surface area contributed by atoms with Crippen molar-refractivity contribution in [3.05, 3.63) is 165 Å². The Morgan fingerprint density at radius 3 is 2.10 bits per heavy atom. The quantitative estimate of drug-likeness (QED) is 0.0358. The fourth-order valence-corrected chi connectivity index (χ4v) is 6.69. The second-order valence-corrected chi connectivity index (χ2v) is 16.0. The van der Waals surface area contributed by atoms with Gasteiger partial charge in [-0.2, -0.15) is 17.6 Å². The van der Waals surface area contributed by atoms with Gasteiger partial charge < -0.3 is 27.8 Å². The van der Waals surface area contributed by atoms with E-state index in [0.717, 1.165) is 6.08 Å². The fourth-order valence-electron chi connectivity index (χ4n) is 6.69. The molecule has 4 bridgehead atoms. The molecule has 0 spiro atoms. The van der Waals surface area contributed by atoms with Crippen LogP contribution in [0.2, 0.25) is 0 Å². The number of alkyl halides is 4. The number of halogens is 4. The molecule has 6 aromatic rings. The lowest BCUT2D eigenvalue weighted by Gasteiger charge is -2.22. The Morgan fingerprint density at radius 1 is 0.871 bits per heavy atom. The van der Waals surface area contributed by atoms with Crippen molar-refractivity contribution < 1.29 is 55.2 Å². The number of aryl methyl sites for hydroxylation is 2. The summed E-state index contributed by atoms with van der Waals surface area (Å²) >= 11 is 0. The van der Waals surface area contributed by atoms with E-state index in [0.29, 0.717) is 54.0 Å². The molecule has 7 rings (SSSR count). The van der Waals surface area contributed by atoms with Gasteiger partial charge in [-0.15, -0.1) is 27.0 Å². The van der Waals surface area contributed by atoms with E-state index < -0.39 is 62.9 Å². The van der Waals surface area contributed by atoms with Crippen LogP contribution in [0.15, 0.2) is 119 Å². The van der Waals surface area contributed by atoms with Crippen LogP contribution in [-0.2, 0) is 22.7 Å². The van der Waals surface area contributed by atoms with Gasteiger partial charge in [-0.25, -0.2) is 9.97 Å². The molecule has 1 aliphatic heterocycles. The molecule has 5 heterocycles. The van der Waals surface area contributed by atoms with E-state index in [2.05, 4.69) is 43.5 Å². The molecule has 0 saturated heterocycles. The third-order valence-electron chi connectivity index (χ3n) is 10.4. The van der Waals surface area contributed by atoms with Crippen LogP contribution in [0.25, 0.3) is 23.2 Å². The Bertz CT molecular complexity index is 2790. The highest BCUT2D eigenvalue weighted by Crippen LogP contribution is 2.41. The largest absolute Gasteiger partial charge is 0.474 e. The molecule has 0 amide bonds. The highest BCUT2D eigenvalue weighted by Gasteiger charge is 2.45. The van der Waals surface area contributed by atoms with Gasteiger partial charge in [0, 0.05) is 23.3 Å². The van der Waals surface area contributed by atoms with Crippen LogP contribution in [0.1, 0.15) is 85.8 Å². The zero-order chi connectivity index (χ0) is 50.6. The third-order valence-corrected chi connectivity index (χ3v) is 10.4. The number of pyridine rings is 2. The van der Waals surface area contributed by atoms with Crippen molar-refractivity contribution in [3.63, 3.8) is 0 Å². The van der Waals surface area contributed by atoms with Crippen molar-refractivity contribution in [1.29, 1.82) is 0 Å². The van der Waals surface area contributed by atoms with E-state index in [4.69, 9.17) is 27.8 Å². The molecule has 0 fully saturated rings. The molecule has 0 radical (unpaired) electrons. The zero-order valence-corrected chi connectivity index (χ0v) is 38.4. The normalized spacial score (nSPS) is 16.3. The number of benzene rings is 2. The lowest BCUT2D eigenvalue weighted by molar-refractivity contribution is -0.384. The first-order valence-corrected chi connectivity index (χ1v) is 21.7. The first kappa shape index (κ1) is 51.7. The number of hydrogen-bond donors (Lipinski definition) is 0. The van der Waals surface area contributed by atoms with Crippen LogP contribution < -0.4 is 9.47 Å². The van der Waals surface area contributed by atoms with Gasteiger partial charge in [0.05, 0.1) is 35.3 Å². The summed E-state index contributed by atoms with van der Waals surface area (Å²) in [7, 11) is 0. The Morgan fingerprint density at radius 2 is 1.47 bits per heavy atom. The fraction of sp³-hybridized carbons (Fsp3) is 0.333. The minimum atomic E-state index is -3.57. The van der Waals surface area contributed by atoms with Crippen molar-refractivity contribution in [2.45, 2.75) is 103 Å². The Balaban J connectivity index is 0.000000230. The van der Waals surface area contributed by atoms with Crippen molar-refractivity contribution in [2.75, 3.05) is 0 Å². The highest BCUT2D eigenvalue weighted by molar-refractivity contribution is 5.65. The van der Waals surface area contributed by atoms with Crippen molar-refractivity contribution in [1.82, 2.24) is 30.4 Å². The summed E-state index contributed by atoms with van der Waals surface area (Å²) in [4.78, 5) is 30.4. The summed E-state index contributed by atoms with van der Waals surface area (Å²) in [6, 6.07) is 20.0. The first-order valence-electron chi connectivity index (χ1n) is 21.7. The molecule has 0 N–H and O–H groups in total. The van der Waals surface area contributed by atoms with Crippen molar-refractivity contribution >= 4 is 11.4 Å². The Hall–Kier alpha value is -7.72. The molecule has 368 valence electrons. The standard InChI is InChI=1S/C25H26F2N4O5.C23H22F2N4O5/c1-5-7-11-17(4)35-22-16(3)14-19(31(32)33)20(28-22)23-29-30-24(36-23)21(25(26,27)6-2)34-15-18-12-9-8-10-13-18;1-14-12-17(29(30)31)18-21-27-28-22(34-21)19(32-13-16-9-4-3-5-10-16)23(24,25)11-7-6-8-15(2)33-20(14)26-18/h5-6,8-10,12-14,17,21H,1-2,7,11,15H2,3-4H3;3-5,7,9-12,15,19H,6,8,13H2,1-2H3/t17-,21?;15-,19?/m11/s1. The number of allylic oxidation sites excluding steroid dienone is 2. The highest BCUT2D eigenvalue weighted by atomic mass is 19.3. The van der Waals surface area contributed by atoms with Gasteiger partial charge in [0.25, 0.3) is 23.6 Å². The van der Waals surface area contributed by atoms with E-state index in [1.807, 2.05) is 6.92 Å². The maximum atomic E-state index is 15.2. The number of fused-ring (bicyclic) bond motifs is 5. The van der Waals surface area contributed by atoms with Crippen molar-refractivity contribution in [3.8, 4) is 34.9 Å².